The Morgan fingerprint density at radius 1 is 1.14 bits per heavy atom. The molecule has 110 valence electrons. The minimum atomic E-state index is -0.837. The van der Waals surface area contributed by atoms with Crippen LogP contribution in [-0.2, 0) is 15.3 Å². The van der Waals surface area contributed by atoms with Crippen molar-refractivity contribution in [3.63, 3.8) is 0 Å². The molecule has 0 aliphatic carbocycles. The SMILES string of the molecule is Clc1ccccc1[C@@]1(CBr)OC[C@H](c2ccc(Br)cc2)O1. The molecular formula is C16H13Br2ClO2. The lowest BCUT2D eigenvalue weighted by Crippen LogP contribution is -2.29. The zero-order valence-electron chi connectivity index (χ0n) is 11.1. The third-order valence-corrected chi connectivity index (χ3v) is 5.10. The van der Waals surface area contributed by atoms with Crippen LogP contribution >= 0.6 is 43.5 Å². The van der Waals surface area contributed by atoms with Crippen molar-refractivity contribution in [2.24, 2.45) is 0 Å². The highest BCUT2D eigenvalue weighted by molar-refractivity contribution is 9.10. The van der Waals surface area contributed by atoms with Crippen LogP contribution in [-0.4, -0.2) is 11.9 Å². The summed E-state index contributed by atoms with van der Waals surface area (Å²) >= 11 is 13.2. The Morgan fingerprint density at radius 2 is 1.86 bits per heavy atom. The molecular weight excluding hydrogens is 419 g/mol. The Morgan fingerprint density at radius 3 is 2.52 bits per heavy atom. The van der Waals surface area contributed by atoms with Gasteiger partial charge >= 0.3 is 0 Å². The van der Waals surface area contributed by atoms with E-state index in [1.165, 1.54) is 0 Å². The summed E-state index contributed by atoms with van der Waals surface area (Å²) in [6, 6.07) is 15.7. The second-order valence-electron chi connectivity index (χ2n) is 4.84. The van der Waals surface area contributed by atoms with Crippen LogP contribution < -0.4 is 0 Å². The summed E-state index contributed by atoms with van der Waals surface area (Å²) in [5, 5.41) is 1.17. The van der Waals surface area contributed by atoms with Crippen molar-refractivity contribution in [1.82, 2.24) is 0 Å². The lowest BCUT2D eigenvalue weighted by molar-refractivity contribution is -0.157. The third-order valence-electron chi connectivity index (χ3n) is 3.50. The van der Waals surface area contributed by atoms with Crippen LogP contribution in [0.5, 0.6) is 0 Å². The van der Waals surface area contributed by atoms with Gasteiger partial charge in [0.25, 0.3) is 0 Å². The predicted molar refractivity (Wildman–Crippen MR) is 90.8 cm³/mol. The minimum absolute atomic E-state index is 0.105. The van der Waals surface area contributed by atoms with Crippen molar-refractivity contribution in [3.05, 3.63) is 69.2 Å². The topological polar surface area (TPSA) is 18.5 Å². The van der Waals surface area contributed by atoms with Crippen molar-refractivity contribution >= 4 is 43.5 Å². The zero-order chi connectivity index (χ0) is 14.9. The molecule has 3 rings (SSSR count). The van der Waals surface area contributed by atoms with Gasteiger partial charge in [-0.25, -0.2) is 0 Å². The first kappa shape index (κ1) is 15.5. The van der Waals surface area contributed by atoms with Crippen LogP contribution in [0.25, 0.3) is 0 Å². The van der Waals surface area contributed by atoms with E-state index in [0.29, 0.717) is 17.0 Å². The molecule has 2 aromatic rings. The molecule has 0 saturated carbocycles. The summed E-state index contributed by atoms with van der Waals surface area (Å²) < 4.78 is 13.3. The fraction of sp³-hybridized carbons (Fsp3) is 0.250. The first-order valence-corrected chi connectivity index (χ1v) is 8.82. The maximum atomic E-state index is 6.30. The monoisotopic (exact) mass is 430 g/mol. The first-order chi connectivity index (χ1) is 10.1. The molecule has 0 N–H and O–H groups in total. The second kappa shape index (κ2) is 6.39. The summed E-state index contributed by atoms with van der Waals surface area (Å²) in [5.41, 5.74) is 1.94. The van der Waals surface area contributed by atoms with E-state index >= 15 is 0 Å². The van der Waals surface area contributed by atoms with Gasteiger partial charge in [-0.2, -0.15) is 0 Å². The first-order valence-electron chi connectivity index (χ1n) is 6.53. The van der Waals surface area contributed by atoms with Gasteiger partial charge in [-0.1, -0.05) is 73.8 Å². The average molecular weight is 433 g/mol. The largest absolute Gasteiger partial charge is 0.342 e. The Kier molecular flexibility index (Phi) is 4.71. The van der Waals surface area contributed by atoms with Gasteiger partial charge in [0.1, 0.15) is 6.10 Å². The lowest BCUT2D eigenvalue weighted by atomic mass is 10.1. The molecule has 1 aliphatic heterocycles. The highest BCUT2D eigenvalue weighted by atomic mass is 79.9. The fourth-order valence-corrected chi connectivity index (χ4v) is 3.54. The van der Waals surface area contributed by atoms with Gasteiger partial charge in [0, 0.05) is 15.1 Å². The van der Waals surface area contributed by atoms with Crippen LogP contribution in [0, 0.1) is 0 Å². The summed E-state index contributed by atoms with van der Waals surface area (Å²) in [5.74, 6) is -0.837. The van der Waals surface area contributed by atoms with Crippen LogP contribution in [0.2, 0.25) is 5.02 Å². The lowest BCUT2D eigenvalue weighted by Gasteiger charge is -2.27. The number of rotatable bonds is 3. The van der Waals surface area contributed by atoms with Crippen molar-refractivity contribution in [1.29, 1.82) is 0 Å². The predicted octanol–water partition coefficient (Wildman–Crippen LogP) is 5.44. The molecule has 1 heterocycles. The second-order valence-corrected chi connectivity index (χ2v) is 6.72. The van der Waals surface area contributed by atoms with Crippen LogP contribution in [0.1, 0.15) is 17.2 Å². The molecule has 0 aromatic heterocycles. The molecule has 2 aromatic carbocycles. The minimum Gasteiger partial charge on any atom is -0.342 e. The molecule has 2 atom stereocenters. The normalized spacial score (nSPS) is 25.2. The standard InChI is InChI=1S/C16H13Br2ClO2/c17-10-16(13-3-1-2-4-14(13)19)20-9-15(21-16)11-5-7-12(18)8-6-11/h1-8,15H,9-10H2/t15-,16+/m1/s1. The molecule has 0 radical (unpaired) electrons. The van der Waals surface area contributed by atoms with Crippen LogP contribution in [0.15, 0.2) is 53.0 Å². The van der Waals surface area contributed by atoms with Crippen molar-refractivity contribution in [2.75, 3.05) is 11.9 Å². The van der Waals surface area contributed by atoms with Crippen molar-refractivity contribution < 1.29 is 9.47 Å². The third kappa shape index (κ3) is 3.06. The van der Waals surface area contributed by atoms with E-state index in [1.807, 2.05) is 48.5 Å². The molecule has 1 fully saturated rings. The summed E-state index contributed by atoms with van der Waals surface area (Å²) in [6.45, 7) is 0.498. The van der Waals surface area contributed by atoms with E-state index in [2.05, 4.69) is 31.9 Å². The fourth-order valence-electron chi connectivity index (χ4n) is 2.40. The highest BCUT2D eigenvalue weighted by Gasteiger charge is 2.44. The number of halogens is 3. The average Bonchev–Trinajstić information content (AvgIpc) is 2.94. The molecule has 5 heteroatoms. The van der Waals surface area contributed by atoms with E-state index in [-0.39, 0.29) is 6.10 Å². The highest BCUT2D eigenvalue weighted by Crippen LogP contribution is 2.44. The van der Waals surface area contributed by atoms with Crippen molar-refractivity contribution in [3.8, 4) is 0 Å². The van der Waals surface area contributed by atoms with Gasteiger partial charge in [-0.3, -0.25) is 0 Å². The van der Waals surface area contributed by atoms with E-state index in [1.54, 1.807) is 0 Å². The molecule has 0 unspecified atom stereocenters. The van der Waals surface area contributed by atoms with Gasteiger partial charge in [0.05, 0.1) is 11.9 Å². The van der Waals surface area contributed by atoms with Gasteiger partial charge in [0.2, 0.25) is 5.79 Å². The molecule has 0 spiro atoms. The van der Waals surface area contributed by atoms with Gasteiger partial charge < -0.3 is 9.47 Å². The number of hydrogen-bond acceptors (Lipinski definition) is 2. The smallest absolute Gasteiger partial charge is 0.207 e. The summed E-state index contributed by atoms with van der Waals surface area (Å²) in [7, 11) is 0. The molecule has 21 heavy (non-hydrogen) atoms. The zero-order valence-corrected chi connectivity index (χ0v) is 15.0. The Labute approximate surface area is 145 Å². The molecule has 0 amide bonds. The number of ether oxygens (including phenoxy) is 2. The van der Waals surface area contributed by atoms with Gasteiger partial charge in [-0.05, 0) is 23.8 Å². The number of hydrogen-bond donors (Lipinski definition) is 0. The van der Waals surface area contributed by atoms with Gasteiger partial charge in [0.15, 0.2) is 0 Å². The van der Waals surface area contributed by atoms with Crippen molar-refractivity contribution in [2.45, 2.75) is 11.9 Å². The maximum absolute atomic E-state index is 6.30. The number of alkyl halides is 1. The Bertz CT molecular complexity index is 632. The molecule has 0 bridgehead atoms. The molecule has 1 saturated heterocycles. The van der Waals surface area contributed by atoms with E-state index < -0.39 is 5.79 Å². The Hall–Kier alpha value is -0.390. The quantitative estimate of drug-likeness (QED) is 0.602. The summed E-state index contributed by atoms with van der Waals surface area (Å²) in [6.07, 6.45) is -0.105. The van der Waals surface area contributed by atoms with E-state index in [4.69, 9.17) is 21.1 Å². The number of benzene rings is 2. The summed E-state index contributed by atoms with van der Waals surface area (Å²) in [4.78, 5) is 0. The van der Waals surface area contributed by atoms with E-state index in [9.17, 15) is 0 Å². The van der Waals surface area contributed by atoms with Gasteiger partial charge in [-0.15, -0.1) is 0 Å². The maximum Gasteiger partial charge on any atom is 0.207 e. The van der Waals surface area contributed by atoms with E-state index in [0.717, 1.165) is 15.6 Å². The molecule has 2 nitrogen and oxygen atoms in total. The Balaban J connectivity index is 1.90. The van der Waals surface area contributed by atoms with Crippen LogP contribution in [0.4, 0.5) is 0 Å². The van der Waals surface area contributed by atoms with Crippen LogP contribution in [0.3, 0.4) is 0 Å². The molecule has 1 aliphatic rings.